The van der Waals surface area contributed by atoms with Gasteiger partial charge in [-0.3, -0.25) is 0 Å². The molecule has 0 spiro atoms. The third kappa shape index (κ3) is 2.45. The Kier molecular flexibility index (Phi) is 4.90. The van der Waals surface area contributed by atoms with Gasteiger partial charge in [-0.25, -0.2) is 0 Å². The summed E-state index contributed by atoms with van der Waals surface area (Å²) >= 11 is 0. The van der Waals surface area contributed by atoms with E-state index in [1.165, 1.54) is 0 Å². The van der Waals surface area contributed by atoms with Gasteiger partial charge in [0.2, 0.25) is 0 Å². The second-order valence-electron chi connectivity index (χ2n) is 7.20. The summed E-state index contributed by atoms with van der Waals surface area (Å²) < 4.78 is 2.43. The Hall–Kier alpha value is -1.04. The van der Waals surface area contributed by atoms with Crippen LogP contribution in [-0.4, -0.2) is 29.6 Å². The van der Waals surface area contributed by atoms with Gasteiger partial charge in [-0.15, -0.1) is 0 Å². The molecule has 0 aliphatic heterocycles. The van der Waals surface area contributed by atoms with E-state index in [-0.39, 0.29) is 0 Å². The number of aromatic nitrogens is 1. The molecule has 3 nitrogen and oxygen atoms in total. The summed E-state index contributed by atoms with van der Waals surface area (Å²) in [5.41, 5.74) is 3.44. The number of nitrogens with zero attached hydrogens (tertiary/aromatic N) is 1. The van der Waals surface area contributed by atoms with Crippen molar-refractivity contribution in [1.29, 1.82) is 0 Å². The molecule has 0 radical (unpaired) electrons. The minimum atomic E-state index is -1.90. The highest BCUT2D eigenvalue weighted by molar-refractivity contribution is 6.83. The van der Waals surface area contributed by atoms with Gasteiger partial charge in [0.1, 0.15) is 0 Å². The van der Waals surface area contributed by atoms with Gasteiger partial charge in [-0.05, 0) is 34.3 Å². The van der Waals surface area contributed by atoms with Crippen LogP contribution in [0.4, 0.5) is 0 Å². The summed E-state index contributed by atoms with van der Waals surface area (Å²) in [5, 5.41) is 20.5. The van der Waals surface area contributed by atoms with E-state index in [4.69, 9.17) is 0 Å². The maximum Gasteiger partial charge on any atom is 0.490 e. The van der Waals surface area contributed by atoms with Gasteiger partial charge in [-0.1, -0.05) is 59.7 Å². The smallest absolute Gasteiger partial charge is 0.423 e. The van der Waals surface area contributed by atoms with Crippen LogP contribution in [0, 0.1) is 0 Å². The molecule has 0 saturated heterocycles. The summed E-state index contributed by atoms with van der Waals surface area (Å²) in [6.07, 6.45) is 2.00. The summed E-state index contributed by atoms with van der Waals surface area (Å²) in [4.78, 5) is 0. The predicted molar refractivity (Wildman–Crippen MR) is 98.2 cm³/mol. The quantitative estimate of drug-likeness (QED) is 0.831. The zero-order valence-corrected chi connectivity index (χ0v) is 15.5. The van der Waals surface area contributed by atoms with Gasteiger partial charge >= 0.3 is 7.12 Å². The van der Waals surface area contributed by atoms with E-state index in [0.29, 0.717) is 22.1 Å². The van der Waals surface area contributed by atoms with Crippen LogP contribution in [-0.2, 0) is 0 Å². The number of hydrogen-bond donors (Lipinski definition) is 2. The van der Waals surface area contributed by atoms with E-state index < -0.39 is 15.4 Å². The lowest BCUT2D eigenvalue weighted by molar-refractivity contribution is 0.426. The minimum absolute atomic E-state index is 0.562. The molecule has 5 heteroatoms. The highest BCUT2D eigenvalue weighted by Gasteiger charge is 2.46. The predicted octanol–water partition coefficient (Wildman–Crippen LogP) is 3.34. The number of fused-ring (bicyclic) bond motifs is 1. The van der Waals surface area contributed by atoms with Gasteiger partial charge < -0.3 is 14.3 Å². The molecule has 1 heterocycles. The molecule has 2 aromatic rings. The number of para-hydroxylation sites is 1. The number of benzene rings is 1. The van der Waals surface area contributed by atoms with Crippen LogP contribution in [0.3, 0.4) is 0 Å². The van der Waals surface area contributed by atoms with Crippen LogP contribution in [0.15, 0.2) is 30.5 Å². The fourth-order valence-corrected chi connectivity index (χ4v) is 11.2. The molecule has 22 heavy (non-hydrogen) atoms. The lowest BCUT2D eigenvalue weighted by atomic mass is 9.80. The average Bonchev–Trinajstić information content (AvgIpc) is 2.78. The Morgan fingerprint density at radius 1 is 0.909 bits per heavy atom. The first kappa shape index (κ1) is 17.3. The molecule has 1 aromatic heterocycles. The molecular weight excluding hydrogens is 289 g/mol. The van der Waals surface area contributed by atoms with Crippen LogP contribution in [0.2, 0.25) is 16.6 Å². The average molecular weight is 317 g/mol. The molecule has 2 rings (SSSR count). The first-order valence-corrected chi connectivity index (χ1v) is 10.4. The van der Waals surface area contributed by atoms with Crippen LogP contribution >= 0.6 is 0 Å². The van der Waals surface area contributed by atoms with Crippen molar-refractivity contribution >= 4 is 31.7 Å². The van der Waals surface area contributed by atoms with Crippen molar-refractivity contribution in [1.82, 2.24) is 4.23 Å². The SMILES string of the molecule is CC(C)[Si](C(C)C)(C(C)C)n1cc(B(O)O)c2ccccc21. The van der Waals surface area contributed by atoms with Gasteiger partial charge in [0.15, 0.2) is 8.24 Å². The fraction of sp³-hybridized carbons (Fsp3) is 0.529. The van der Waals surface area contributed by atoms with Crippen molar-refractivity contribution in [2.75, 3.05) is 0 Å². The molecule has 0 fully saturated rings. The van der Waals surface area contributed by atoms with E-state index >= 15 is 0 Å². The Morgan fingerprint density at radius 2 is 1.41 bits per heavy atom. The minimum Gasteiger partial charge on any atom is -0.423 e. The van der Waals surface area contributed by atoms with Gasteiger partial charge in [0, 0.05) is 11.0 Å². The second kappa shape index (κ2) is 6.22. The van der Waals surface area contributed by atoms with E-state index in [0.717, 1.165) is 10.9 Å². The molecule has 0 unspecified atom stereocenters. The maximum atomic E-state index is 9.77. The molecule has 120 valence electrons. The normalized spacial score (nSPS) is 12.9. The molecule has 0 aliphatic rings. The van der Waals surface area contributed by atoms with Crippen LogP contribution in [0.25, 0.3) is 10.9 Å². The molecule has 0 amide bonds. The molecule has 0 saturated carbocycles. The molecule has 0 aliphatic carbocycles. The van der Waals surface area contributed by atoms with Crippen LogP contribution in [0.1, 0.15) is 41.5 Å². The number of rotatable bonds is 5. The first-order chi connectivity index (χ1) is 10.2. The van der Waals surface area contributed by atoms with Crippen molar-refractivity contribution in [2.45, 2.75) is 58.2 Å². The highest BCUT2D eigenvalue weighted by Crippen LogP contribution is 2.43. The zero-order chi connectivity index (χ0) is 16.7. The lowest BCUT2D eigenvalue weighted by Crippen LogP contribution is -2.52. The Labute approximate surface area is 135 Å². The molecule has 2 N–H and O–H groups in total. The topological polar surface area (TPSA) is 45.4 Å². The maximum absolute atomic E-state index is 9.77. The Morgan fingerprint density at radius 3 is 1.86 bits per heavy atom. The van der Waals surface area contributed by atoms with Crippen molar-refractivity contribution in [3.8, 4) is 0 Å². The fourth-order valence-electron chi connectivity index (χ4n) is 4.57. The van der Waals surface area contributed by atoms with Crippen molar-refractivity contribution in [2.24, 2.45) is 0 Å². The summed E-state index contributed by atoms with van der Waals surface area (Å²) in [6, 6.07) is 8.09. The van der Waals surface area contributed by atoms with Gasteiger partial charge in [0.25, 0.3) is 0 Å². The summed E-state index contributed by atoms with van der Waals surface area (Å²) in [5.74, 6) is 0. The van der Waals surface area contributed by atoms with E-state index in [2.05, 4.69) is 51.8 Å². The summed E-state index contributed by atoms with van der Waals surface area (Å²) in [7, 11) is -3.33. The third-order valence-corrected chi connectivity index (χ3v) is 12.0. The third-order valence-electron chi connectivity index (χ3n) is 5.21. The van der Waals surface area contributed by atoms with Crippen LogP contribution in [0.5, 0.6) is 0 Å². The molecular formula is C17H28BNO2Si. The van der Waals surface area contributed by atoms with Gasteiger partial charge in [0.05, 0.1) is 0 Å². The summed E-state index contributed by atoms with van der Waals surface area (Å²) in [6.45, 7) is 13.9. The Bertz CT molecular complexity index is 627. The monoisotopic (exact) mass is 317 g/mol. The van der Waals surface area contributed by atoms with Gasteiger partial charge in [-0.2, -0.15) is 0 Å². The largest absolute Gasteiger partial charge is 0.490 e. The first-order valence-electron chi connectivity index (χ1n) is 8.21. The zero-order valence-electron chi connectivity index (χ0n) is 14.5. The van der Waals surface area contributed by atoms with E-state index in [1.807, 2.05) is 24.4 Å². The molecule has 1 aromatic carbocycles. The standard InChI is InChI=1S/C17H28BNO2Si/c1-12(2)22(13(3)4,14(5)6)19-11-16(18(20)21)15-9-7-8-10-17(15)19/h7-14,20-21H,1-6H3. The van der Waals surface area contributed by atoms with E-state index in [1.54, 1.807) is 0 Å². The van der Waals surface area contributed by atoms with Crippen molar-refractivity contribution < 1.29 is 10.0 Å². The van der Waals surface area contributed by atoms with Crippen molar-refractivity contribution in [3.63, 3.8) is 0 Å². The molecule has 0 bridgehead atoms. The Balaban J connectivity index is 2.86. The molecule has 0 atom stereocenters. The highest BCUT2D eigenvalue weighted by atomic mass is 28.3. The number of hydrogen-bond acceptors (Lipinski definition) is 2. The lowest BCUT2D eigenvalue weighted by Gasteiger charge is -2.44. The van der Waals surface area contributed by atoms with Crippen LogP contribution < -0.4 is 5.46 Å². The van der Waals surface area contributed by atoms with Crippen molar-refractivity contribution in [3.05, 3.63) is 30.5 Å². The second-order valence-corrected chi connectivity index (χ2v) is 12.9. The van der Waals surface area contributed by atoms with E-state index in [9.17, 15) is 10.0 Å².